The summed E-state index contributed by atoms with van der Waals surface area (Å²) in [6.07, 6.45) is 10.7. The molecule has 5 heteroatoms. The summed E-state index contributed by atoms with van der Waals surface area (Å²) in [5, 5.41) is 0. The number of halogens is 1. The van der Waals surface area contributed by atoms with Crippen LogP contribution in [0.2, 0.25) is 0 Å². The van der Waals surface area contributed by atoms with Gasteiger partial charge in [0.2, 0.25) is 5.91 Å². The fourth-order valence-electron chi connectivity index (χ4n) is 3.01. The quantitative estimate of drug-likeness (QED) is 0.909. The van der Waals surface area contributed by atoms with Gasteiger partial charge in [0.05, 0.1) is 6.04 Å². The molecular weight excluding hydrogens is 286 g/mol. The summed E-state index contributed by atoms with van der Waals surface area (Å²) in [5.41, 5.74) is 7.18. The van der Waals surface area contributed by atoms with Crippen molar-refractivity contribution in [3.63, 3.8) is 0 Å². The van der Waals surface area contributed by atoms with Crippen LogP contribution in [0.5, 0.6) is 0 Å². The van der Waals surface area contributed by atoms with Gasteiger partial charge in [-0.15, -0.1) is 12.4 Å². The number of hydrogen-bond acceptors (Lipinski definition) is 3. The SMILES string of the molecule is CN(Cc1ccncc1)C(=O)C(N)CC1CCCCC1.Cl. The molecule has 0 saturated heterocycles. The first kappa shape index (κ1) is 17.9. The van der Waals surface area contributed by atoms with Crippen molar-refractivity contribution in [1.82, 2.24) is 9.88 Å². The number of nitrogens with two attached hydrogens (primary N) is 1. The van der Waals surface area contributed by atoms with Gasteiger partial charge in [0.25, 0.3) is 0 Å². The van der Waals surface area contributed by atoms with Crippen LogP contribution in [0.4, 0.5) is 0 Å². The van der Waals surface area contributed by atoms with E-state index in [0.717, 1.165) is 12.0 Å². The summed E-state index contributed by atoms with van der Waals surface area (Å²) < 4.78 is 0. The monoisotopic (exact) mass is 311 g/mol. The molecule has 0 radical (unpaired) electrons. The topological polar surface area (TPSA) is 59.2 Å². The number of amides is 1. The lowest BCUT2D eigenvalue weighted by Crippen LogP contribution is -2.42. The Balaban J connectivity index is 0.00000220. The fraction of sp³-hybridized carbons (Fsp3) is 0.625. The molecule has 118 valence electrons. The van der Waals surface area contributed by atoms with Crippen molar-refractivity contribution in [2.75, 3.05) is 7.05 Å². The van der Waals surface area contributed by atoms with Crippen LogP contribution in [-0.4, -0.2) is 28.9 Å². The third kappa shape index (κ3) is 5.64. The van der Waals surface area contributed by atoms with Gasteiger partial charge in [-0.1, -0.05) is 32.1 Å². The molecule has 0 bridgehead atoms. The van der Waals surface area contributed by atoms with E-state index in [2.05, 4.69) is 4.98 Å². The maximum Gasteiger partial charge on any atom is 0.239 e. The number of nitrogens with zero attached hydrogens (tertiary/aromatic N) is 2. The lowest BCUT2D eigenvalue weighted by atomic mass is 9.85. The molecule has 2 rings (SSSR count). The summed E-state index contributed by atoms with van der Waals surface area (Å²) in [5.74, 6) is 0.685. The van der Waals surface area contributed by atoms with Crippen molar-refractivity contribution in [2.24, 2.45) is 11.7 Å². The van der Waals surface area contributed by atoms with Gasteiger partial charge in [0.15, 0.2) is 0 Å². The van der Waals surface area contributed by atoms with E-state index in [1.807, 2.05) is 19.2 Å². The molecule has 0 spiro atoms. The van der Waals surface area contributed by atoms with Gasteiger partial charge in [-0.3, -0.25) is 9.78 Å². The minimum Gasteiger partial charge on any atom is -0.340 e. The smallest absolute Gasteiger partial charge is 0.239 e. The molecule has 1 atom stereocenters. The highest BCUT2D eigenvalue weighted by atomic mass is 35.5. The van der Waals surface area contributed by atoms with Gasteiger partial charge in [-0.2, -0.15) is 0 Å². The molecule has 1 heterocycles. The molecule has 1 saturated carbocycles. The molecular formula is C16H26ClN3O. The highest BCUT2D eigenvalue weighted by Gasteiger charge is 2.23. The summed E-state index contributed by atoms with van der Waals surface area (Å²) in [7, 11) is 1.82. The van der Waals surface area contributed by atoms with E-state index < -0.39 is 0 Å². The number of likely N-dealkylation sites (N-methyl/N-ethyl adjacent to an activating group) is 1. The van der Waals surface area contributed by atoms with Crippen molar-refractivity contribution >= 4 is 18.3 Å². The summed E-state index contributed by atoms with van der Waals surface area (Å²) in [6, 6.07) is 3.50. The molecule has 0 aliphatic heterocycles. The lowest BCUT2D eigenvalue weighted by Gasteiger charge is -2.26. The predicted molar refractivity (Wildman–Crippen MR) is 87.1 cm³/mol. The Morgan fingerprint density at radius 1 is 1.33 bits per heavy atom. The Hall–Kier alpha value is -1.13. The predicted octanol–water partition coefficient (Wildman–Crippen LogP) is 2.76. The summed E-state index contributed by atoms with van der Waals surface area (Å²) >= 11 is 0. The average molecular weight is 312 g/mol. The van der Waals surface area contributed by atoms with E-state index in [1.165, 1.54) is 32.1 Å². The van der Waals surface area contributed by atoms with Crippen molar-refractivity contribution in [3.8, 4) is 0 Å². The number of rotatable bonds is 5. The first-order valence-corrected chi connectivity index (χ1v) is 7.56. The highest BCUT2D eigenvalue weighted by Crippen LogP contribution is 2.27. The van der Waals surface area contributed by atoms with Crippen LogP contribution in [-0.2, 0) is 11.3 Å². The van der Waals surface area contributed by atoms with Gasteiger partial charge in [-0.25, -0.2) is 0 Å². The van der Waals surface area contributed by atoms with Crippen LogP contribution in [0.25, 0.3) is 0 Å². The fourth-order valence-corrected chi connectivity index (χ4v) is 3.01. The molecule has 4 nitrogen and oxygen atoms in total. The molecule has 21 heavy (non-hydrogen) atoms. The number of carbonyl (C=O) groups excluding carboxylic acids is 1. The molecule has 1 fully saturated rings. The van der Waals surface area contributed by atoms with Gasteiger partial charge in [-0.05, 0) is 30.0 Å². The molecule has 1 aliphatic carbocycles. The van der Waals surface area contributed by atoms with E-state index in [1.54, 1.807) is 17.3 Å². The minimum atomic E-state index is -0.357. The van der Waals surface area contributed by atoms with Crippen molar-refractivity contribution in [1.29, 1.82) is 0 Å². The van der Waals surface area contributed by atoms with Gasteiger partial charge in [0, 0.05) is 26.0 Å². The van der Waals surface area contributed by atoms with Gasteiger partial charge in [0.1, 0.15) is 0 Å². The van der Waals surface area contributed by atoms with Gasteiger partial charge >= 0.3 is 0 Å². The van der Waals surface area contributed by atoms with Crippen LogP contribution >= 0.6 is 12.4 Å². The molecule has 1 aliphatic rings. The van der Waals surface area contributed by atoms with E-state index in [-0.39, 0.29) is 24.4 Å². The Morgan fingerprint density at radius 2 is 1.95 bits per heavy atom. The Morgan fingerprint density at radius 3 is 2.57 bits per heavy atom. The molecule has 1 aromatic rings. The molecule has 1 aromatic heterocycles. The van der Waals surface area contributed by atoms with Crippen molar-refractivity contribution < 1.29 is 4.79 Å². The number of hydrogen-bond donors (Lipinski definition) is 1. The van der Waals surface area contributed by atoms with E-state index in [4.69, 9.17) is 5.73 Å². The van der Waals surface area contributed by atoms with Crippen LogP contribution in [0, 0.1) is 5.92 Å². The third-order valence-electron chi connectivity index (χ3n) is 4.17. The maximum atomic E-state index is 12.3. The summed E-state index contributed by atoms with van der Waals surface area (Å²) in [6.45, 7) is 0.597. The first-order valence-electron chi connectivity index (χ1n) is 7.56. The maximum absolute atomic E-state index is 12.3. The van der Waals surface area contributed by atoms with Crippen LogP contribution in [0.3, 0.4) is 0 Å². The van der Waals surface area contributed by atoms with Crippen molar-refractivity contribution in [2.45, 2.75) is 51.1 Å². The third-order valence-corrected chi connectivity index (χ3v) is 4.17. The standard InChI is InChI=1S/C16H25N3O.ClH/c1-19(12-14-7-9-18-10-8-14)16(20)15(17)11-13-5-3-2-4-6-13;/h7-10,13,15H,2-6,11-12,17H2,1H3;1H. The average Bonchev–Trinajstić information content (AvgIpc) is 2.48. The number of aromatic nitrogens is 1. The normalized spacial score (nSPS) is 16.9. The molecule has 2 N–H and O–H groups in total. The molecule has 1 unspecified atom stereocenters. The minimum absolute atomic E-state index is 0. The zero-order chi connectivity index (χ0) is 14.4. The van der Waals surface area contributed by atoms with E-state index >= 15 is 0 Å². The Bertz CT molecular complexity index is 421. The van der Waals surface area contributed by atoms with Crippen LogP contribution < -0.4 is 5.73 Å². The van der Waals surface area contributed by atoms with Crippen molar-refractivity contribution in [3.05, 3.63) is 30.1 Å². The second-order valence-corrected chi connectivity index (χ2v) is 5.90. The summed E-state index contributed by atoms with van der Waals surface area (Å²) in [4.78, 5) is 18.0. The van der Waals surface area contributed by atoms with Crippen LogP contribution in [0.1, 0.15) is 44.1 Å². The second kappa shape index (κ2) is 9.00. The first-order chi connectivity index (χ1) is 9.66. The molecule has 0 aromatic carbocycles. The highest BCUT2D eigenvalue weighted by molar-refractivity contribution is 5.85. The zero-order valence-corrected chi connectivity index (χ0v) is 13.5. The number of carbonyl (C=O) groups is 1. The zero-order valence-electron chi connectivity index (χ0n) is 12.7. The Kier molecular flexibility index (Phi) is 7.68. The largest absolute Gasteiger partial charge is 0.340 e. The van der Waals surface area contributed by atoms with Gasteiger partial charge < -0.3 is 10.6 Å². The van der Waals surface area contributed by atoms with E-state index in [9.17, 15) is 4.79 Å². The van der Waals surface area contributed by atoms with Crippen LogP contribution in [0.15, 0.2) is 24.5 Å². The lowest BCUT2D eigenvalue weighted by molar-refractivity contribution is -0.132. The number of pyridine rings is 1. The Labute approximate surface area is 133 Å². The molecule has 1 amide bonds. The van der Waals surface area contributed by atoms with E-state index in [0.29, 0.717) is 12.5 Å². The second-order valence-electron chi connectivity index (χ2n) is 5.90.